The standard InChI is InChI=1S/C22H23NO4.ClH/c1-26-19-11-16-15-5-3-4-6-18(15)23-21(17(16)12-20(19)27-2)13-7-9-14(10-8-13)22(24)25;/h7-12,15,18H,3-6H2,1-2H3,(H,24,25);1H/t15-,18+;/m0./s1. The summed E-state index contributed by atoms with van der Waals surface area (Å²) < 4.78 is 11.1. The number of rotatable bonds is 4. The molecule has 0 bridgehead atoms. The second kappa shape index (κ2) is 8.23. The van der Waals surface area contributed by atoms with Crippen LogP contribution in [0, 0.1) is 0 Å². The molecule has 2 atom stereocenters. The lowest BCUT2D eigenvalue weighted by Crippen LogP contribution is -2.29. The Morgan fingerprint density at radius 2 is 1.68 bits per heavy atom. The normalized spacial score (nSPS) is 20.1. The van der Waals surface area contributed by atoms with E-state index in [1.54, 1.807) is 26.4 Å². The quantitative estimate of drug-likeness (QED) is 0.806. The van der Waals surface area contributed by atoms with Crippen molar-refractivity contribution >= 4 is 24.1 Å². The van der Waals surface area contributed by atoms with Gasteiger partial charge in [0, 0.05) is 17.0 Å². The van der Waals surface area contributed by atoms with E-state index < -0.39 is 5.97 Å². The summed E-state index contributed by atoms with van der Waals surface area (Å²) in [5, 5.41) is 9.16. The summed E-state index contributed by atoms with van der Waals surface area (Å²) in [6, 6.07) is 11.3. The number of fused-ring (bicyclic) bond motifs is 3. The molecule has 6 heteroatoms. The number of carboxylic acid groups (broad SMARTS) is 1. The third-order valence-corrected chi connectivity index (χ3v) is 5.64. The largest absolute Gasteiger partial charge is 0.493 e. The van der Waals surface area contributed by atoms with Gasteiger partial charge in [0.05, 0.1) is 31.5 Å². The van der Waals surface area contributed by atoms with E-state index in [0.717, 1.165) is 35.4 Å². The first-order valence-corrected chi connectivity index (χ1v) is 9.30. The minimum absolute atomic E-state index is 0. The van der Waals surface area contributed by atoms with Gasteiger partial charge in [-0.2, -0.15) is 0 Å². The molecule has 1 aliphatic heterocycles. The van der Waals surface area contributed by atoms with E-state index in [1.807, 2.05) is 18.2 Å². The van der Waals surface area contributed by atoms with Crippen molar-refractivity contribution in [2.45, 2.75) is 37.6 Å². The minimum Gasteiger partial charge on any atom is -0.493 e. The predicted octanol–water partition coefficient (Wildman–Crippen LogP) is 4.70. The molecule has 148 valence electrons. The maximum absolute atomic E-state index is 11.2. The minimum atomic E-state index is -0.925. The molecule has 0 saturated heterocycles. The molecule has 0 spiro atoms. The van der Waals surface area contributed by atoms with Crippen LogP contribution in [0.25, 0.3) is 0 Å². The van der Waals surface area contributed by atoms with E-state index in [-0.39, 0.29) is 24.0 Å². The van der Waals surface area contributed by atoms with Crippen LogP contribution in [0.2, 0.25) is 0 Å². The number of benzene rings is 2. The van der Waals surface area contributed by atoms with Crippen LogP contribution in [0.1, 0.15) is 58.6 Å². The van der Waals surface area contributed by atoms with Crippen LogP contribution < -0.4 is 9.47 Å². The van der Waals surface area contributed by atoms with Crippen molar-refractivity contribution in [1.29, 1.82) is 0 Å². The number of ether oxygens (including phenoxy) is 2. The van der Waals surface area contributed by atoms with Gasteiger partial charge in [0.1, 0.15) is 0 Å². The predicted molar refractivity (Wildman–Crippen MR) is 111 cm³/mol. The maximum atomic E-state index is 11.2. The van der Waals surface area contributed by atoms with Crippen LogP contribution in [-0.4, -0.2) is 37.0 Å². The number of aromatic carboxylic acids is 1. The van der Waals surface area contributed by atoms with Crippen LogP contribution in [-0.2, 0) is 0 Å². The third-order valence-electron chi connectivity index (χ3n) is 5.64. The molecule has 2 aliphatic rings. The SMILES string of the molecule is COc1cc2c(cc1OC)[C@@H]1CCCC[C@H]1N=C2c1ccc(C(=O)O)cc1.Cl. The molecule has 0 radical (unpaired) electrons. The zero-order valence-electron chi connectivity index (χ0n) is 16.0. The van der Waals surface area contributed by atoms with Crippen LogP contribution in [0.4, 0.5) is 0 Å². The van der Waals surface area contributed by atoms with Gasteiger partial charge in [0.25, 0.3) is 0 Å². The van der Waals surface area contributed by atoms with E-state index in [2.05, 4.69) is 6.07 Å². The molecule has 1 N–H and O–H groups in total. The average Bonchev–Trinajstić information content (AvgIpc) is 2.72. The second-order valence-electron chi connectivity index (χ2n) is 7.11. The number of carbonyl (C=O) groups is 1. The van der Waals surface area contributed by atoms with E-state index in [0.29, 0.717) is 11.7 Å². The Bertz CT molecular complexity index is 907. The van der Waals surface area contributed by atoms with Gasteiger partial charge in [0.2, 0.25) is 0 Å². The molecule has 1 fully saturated rings. The maximum Gasteiger partial charge on any atom is 0.335 e. The first-order chi connectivity index (χ1) is 13.1. The molecular weight excluding hydrogens is 378 g/mol. The van der Waals surface area contributed by atoms with Crippen molar-refractivity contribution in [3.63, 3.8) is 0 Å². The fraction of sp³-hybridized carbons (Fsp3) is 0.364. The van der Waals surface area contributed by atoms with Crippen molar-refractivity contribution in [2.24, 2.45) is 4.99 Å². The number of nitrogens with zero attached hydrogens (tertiary/aromatic N) is 1. The number of carboxylic acids is 1. The van der Waals surface area contributed by atoms with Gasteiger partial charge in [-0.15, -0.1) is 12.4 Å². The smallest absolute Gasteiger partial charge is 0.335 e. The highest BCUT2D eigenvalue weighted by Crippen LogP contribution is 2.44. The van der Waals surface area contributed by atoms with Gasteiger partial charge in [-0.3, -0.25) is 4.99 Å². The van der Waals surface area contributed by atoms with E-state index in [4.69, 9.17) is 19.6 Å². The monoisotopic (exact) mass is 401 g/mol. The Hall–Kier alpha value is -2.53. The lowest BCUT2D eigenvalue weighted by Gasteiger charge is -2.35. The topological polar surface area (TPSA) is 68.1 Å². The molecule has 1 saturated carbocycles. The number of methoxy groups -OCH3 is 2. The first kappa shape index (κ1) is 20.2. The molecule has 0 amide bonds. The Kier molecular flexibility index (Phi) is 5.94. The Morgan fingerprint density at radius 3 is 2.32 bits per heavy atom. The lowest BCUT2D eigenvalue weighted by molar-refractivity contribution is 0.0697. The summed E-state index contributed by atoms with van der Waals surface area (Å²) in [5.74, 6) is 0.894. The van der Waals surface area contributed by atoms with Gasteiger partial charge in [0.15, 0.2) is 11.5 Å². The Morgan fingerprint density at radius 1 is 1.04 bits per heavy atom. The van der Waals surface area contributed by atoms with E-state index in [9.17, 15) is 4.79 Å². The highest BCUT2D eigenvalue weighted by molar-refractivity contribution is 6.15. The number of aliphatic imine (C=N–C) groups is 1. The summed E-state index contributed by atoms with van der Waals surface area (Å²) in [6.45, 7) is 0. The number of halogens is 1. The highest BCUT2D eigenvalue weighted by atomic mass is 35.5. The summed E-state index contributed by atoms with van der Waals surface area (Å²) in [7, 11) is 3.29. The fourth-order valence-electron chi connectivity index (χ4n) is 4.27. The molecule has 2 aromatic carbocycles. The molecule has 0 unspecified atom stereocenters. The number of hydrogen-bond donors (Lipinski definition) is 1. The number of hydrogen-bond acceptors (Lipinski definition) is 4. The lowest BCUT2D eigenvalue weighted by atomic mass is 9.75. The van der Waals surface area contributed by atoms with Crippen LogP contribution in [0.5, 0.6) is 11.5 Å². The van der Waals surface area contributed by atoms with Crippen molar-refractivity contribution in [3.05, 3.63) is 58.7 Å². The molecule has 28 heavy (non-hydrogen) atoms. The van der Waals surface area contributed by atoms with Crippen molar-refractivity contribution in [1.82, 2.24) is 0 Å². The van der Waals surface area contributed by atoms with Gasteiger partial charge >= 0.3 is 5.97 Å². The molecule has 0 aromatic heterocycles. The molecule has 2 aromatic rings. The van der Waals surface area contributed by atoms with E-state index in [1.165, 1.54) is 18.4 Å². The van der Waals surface area contributed by atoms with Crippen LogP contribution >= 0.6 is 12.4 Å². The zero-order chi connectivity index (χ0) is 19.0. The third kappa shape index (κ3) is 3.47. The average molecular weight is 402 g/mol. The summed E-state index contributed by atoms with van der Waals surface area (Å²) in [4.78, 5) is 16.3. The molecule has 1 heterocycles. The van der Waals surface area contributed by atoms with Crippen LogP contribution in [0.3, 0.4) is 0 Å². The molecule has 4 rings (SSSR count). The van der Waals surface area contributed by atoms with Crippen molar-refractivity contribution in [3.8, 4) is 11.5 Å². The molecule has 5 nitrogen and oxygen atoms in total. The Labute approximate surface area is 170 Å². The Balaban J connectivity index is 0.00000225. The fourth-order valence-corrected chi connectivity index (χ4v) is 4.27. The van der Waals surface area contributed by atoms with Gasteiger partial charge in [-0.1, -0.05) is 25.0 Å². The summed E-state index contributed by atoms with van der Waals surface area (Å²) in [5.41, 5.74) is 4.42. The summed E-state index contributed by atoms with van der Waals surface area (Å²) >= 11 is 0. The van der Waals surface area contributed by atoms with Crippen molar-refractivity contribution in [2.75, 3.05) is 14.2 Å². The van der Waals surface area contributed by atoms with Gasteiger partial charge < -0.3 is 14.6 Å². The van der Waals surface area contributed by atoms with Crippen molar-refractivity contribution < 1.29 is 19.4 Å². The summed E-state index contributed by atoms with van der Waals surface area (Å²) in [6.07, 6.45) is 4.61. The zero-order valence-corrected chi connectivity index (χ0v) is 16.8. The molecule has 1 aliphatic carbocycles. The van der Waals surface area contributed by atoms with E-state index >= 15 is 0 Å². The highest BCUT2D eigenvalue weighted by Gasteiger charge is 2.34. The first-order valence-electron chi connectivity index (χ1n) is 9.30. The second-order valence-corrected chi connectivity index (χ2v) is 7.11. The molecular formula is C22H24ClNO4. The van der Waals surface area contributed by atoms with Gasteiger partial charge in [-0.25, -0.2) is 4.79 Å². The van der Waals surface area contributed by atoms with Gasteiger partial charge in [-0.05, 0) is 42.7 Å². The van der Waals surface area contributed by atoms with Crippen LogP contribution in [0.15, 0.2) is 41.4 Å².